The lowest BCUT2D eigenvalue weighted by atomic mass is 10.2. The Labute approximate surface area is 172 Å². The van der Waals surface area contributed by atoms with Gasteiger partial charge < -0.3 is 16.0 Å². The predicted molar refractivity (Wildman–Crippen MR) is 110 cm³/mol. The van der Waals surface area contributed by atoms with Crippen molar-refractivity contribution in [1.29, 1.82) is 0 Å². The number of guanidine groups is 1. The molecule has 1 atom stereocenters. The number of halogens is 4. The van der Waals surface area contributed by atoms with Crippen LogP contribution in [0.25, 0.3) is 0 Å². The monoisotopic (exact) mass is 502 g/mol. The molecular formula is C16H22F3IN4OS. The molecule has 1 fully saturated rings. The summed E-state index contributed by atoms with van der Waals surface area (Å²) in [6.07, 6.45) is 2.35. The lowest BCUT2D eigenvalue weighted by molar-refractivity contribution is -0.114. The summed E-state index contributed by atoms with van der Waals surface area (Å²) >= 11 is 1.90. The topological polar surface area (TPSA) is 65.5 Å². The van der Waals surface area contributed by atoms with E-state index in [1.54, 1.807) is 0 Å². The number of anilines is 1. The van der Waals surface area contributed by atoms with Crippen LogP contribution in [0.1, 0.15) is 19.8 Å². The first-order valence-corrected chi connectivity index (χ1v) is 9.13. The molecule has 10 heteroatoms. The van der Waals surface area contributed by atoms with Gasteiger partial charge in [0.1, 0.15) is 6.54 Å². The van der Waals surface area contributed by atoms with E-state index in [0.717, 1.165) is 30.9 Å². The SMILES string of the molecule is CCNC(=NCC(=O)Nc1ccc(F)c(F)c1F)NCC1CCCS1.I. The summed E-state index contributed by atoms with van der Waals surface area (Å²) in [5, 5.41) is 8.89. The van der Waals surface area contributed by atoms with E-state index in [-0.39, 0.29) is 30.5 Å². The molecule has 0 radical (unpaired) electrons. The lowest BCUT2D eigenvalue weighted by Gasteiger charge is -2.14. The lowest BCUT2D eigenvalue weighted by Crippen LogP contribution is -2.40. The van der Waals surface area contributed by atoms with Gasteiger partial charge in [0.05, 0.1) is 5.69 Å². The Kier molecular flexibility index (Phi) is 10.1. The molecule has 1 aromatic rings. The maximum absolute atomic E-state index is 13.5. The zero-order valence-corrected chi connectivity index (χ0v) is 17.4. The van der Waals surface area contributed by atoms with Gasteiger partial charge in [-0.15, -0.1) is 24.0 Å². The van der Waals surface area contributed by atoms with E-state index in [0.29, 0.717) is 17.8 Å². The molecular weight excluding hydrogens is 480 g/mol. The Morgan fingerprint density at radius 3 is 2.69 bits per heavy atom. The number of rotatable bonds is 6. The number of nitrogens with one attached hydrogen (secondary N) is 3. The zero-order chi connectivity index (χ0) is 18.2. The molecule has 2 rings (SSSR count). The summed E-state index contributed by atoms with van der Waals surface area (Å²) in [7, 11) is 0. The van der Waals surface area contributed by atoms with Gasteiger partial charge in [-0.25, -0.2) is 18.2 Å². The molecule has 1 amide bonds. The number of amides is 1. The normalized spacial score (nSPS) is 16.8. The van der Waals surface area contributed by atoms with Crippen LogP contribution in [0.15, 0.2) is 17.1 Å². The van der Waals surface area contributed by atoms with Gasteiger partial charge in [-0.3, -0.25) is 4.79 Å². The first-order chi connectivity index (χ1) is 12.0. The number of hydrogen-bond donors (Lipinski definition) is 3. The first-order valence-electron chi connectivity index (χ1n) is 8.08. The third-order valence-electron chi connectivity index (χ3n) is 3.56. The van der Waals surface area contributed by atoms with Crippen LogP contribution in [0.2, 0.25) is 0 Å². The van der Waals surface area contributed by atoms with Crippen molar-refractivity contribution in [2.75, 3.05) is 30.7 Å². The fourth-order valence-electron chi connectivity index (χ4n) is 2.32. The van der Waals surface area contributed by atoms with Crippen LogP contribution in [0.3, 0.4) is 0 Å². The second-order valence-electron chi connectivity index (χ2n) is 5.48. The molecule has 1 unspecified atom stereocenters. The highest BCUT2D eigenvalue weighted by Crippen LogP contribution is 2.25. The molecule has 146 valence electrons. The number of carbonyl (C=O) groups excluding carboxylic acids is 1. The van der Waals surface area contributed by atoms with Crippen molar-refractivity contribution in [1.82, 2.24) is 10.6 Å². The van der Waals surface area contributed by atoms with Crippen LogP contribution >= 0.6 is 35.7 Å². The van der Waals surface area contributed by atoms with Crippen molar-refractivity contribution in [3.63, 3.8) is 0 Å². The van der Waals surface area contributed by atoms with Crippen LogP contribution in [0.5, 0.6) is 0 Å². The molecule has 26 heavy (non-hydrogen) atoms. The minimum atomic E-state index is -1.62. The minimum Gasteiger partial charge on any atom is -0.357 e. The summed E-state index contributed by atoms with van der Waals surface area (Å²) < 4.78 is 39.6. The fraction of sp³-hybridized carbons (Fsp3) is 0.500. The number of nitrogens with zero attached hydrogens (tertiary/aromatic N) is 1. The van der Waals surface area contributed by atoms with Crippen molar-refractivity contribution in [2.45, 2.75) is 25.0 Å². The van der Waals surface area contributed by atoms with E-state index in [4.69, 9.17) is 0 Å². The summed E-state index contributed by atoms with van der Waals surface area (Å²) in [4.78, 5) is 16.0. The van der Waals surface area contributed by atoms with Gasteiger partial charge in [-0.2, -0.15) is 11.8 Å². The summed E-state index contributed by atoms with van der Waals surface area (Å²) in [6, 6.07) is 1.72. The Balaban J connectivity index is 0.00000338. The van der Waals surface area contributed by atoms with Crippen molar-refractivity contribution >= 4 is 53.3 Å². The van der Waals surface area contributed by atoms with E-state index in [1.165, 1.54) is 6.42 Å². The van der Waals surface area contributed by atoms with Gasteiger partial charge in [0.15, 0.2) is 23.4 Å². The van der Waals surface area contributed by atoms with Gasteiger partial charge in [-0.1, -0.05) is 0 Å². The van der Waals surface area contributed by atoms with Gasteiger partial charge in [-0.05, 0) is 37.7 Å². The molecule has 1 aliphatic rings. The average Bonchev–Trinajstić information content (AvgIpc) is 3.11. The second-order valence-corrected chi connectivity index (χ2v) is 6.89. The van der Waals surface area contributed by atoms with Crippen molar-refractivity contribution in [3.05, 3.63) is 29.6 Å². The van der Waals surface area contributed by atoms with Crippen molar-refractivity contribution in [3.8, 4) is 0 Å². The molecule has 0 bridgehead atoms. The van der Waals surface area contributed by atoms with Crippen LogP contribution in [-0.4, -0.2) is 42.5 Å². The third-order valence-corrected chi connectivity index (χ3v) is 4.95. The Morgan fingerprint density at radius 1 is 1.27 bits per heavy atom. The van der Waals surface area contributed by atoms with Crippen LogP contribution in [-0.2, 0) is 4.79 Å². The number of aliphatic imine (C=N–C) groups is 1. The quantitative estimate of drug-likeness (QED) is 0.242. The molecule has 5 nitrogen and oxygen atoms in total. The first kappa shape index (κ1) is 22.9. The maximum Gasteiger partial charge on any atom is 0.246 e. The van der Waals surface area contributed by atoms with E-state index >= 15 is 0 Å². The van der Waals surface area contributed by atoms with Crippen LogP contribution in [0.4, 0.5) is 18.9 Å². The highest BCUT2D eigenvalue weighted by Gasteiger charge is 2.17. The summed E-state index contributed by atoms with van der Waals surface area (Å²) in [6.45, 7) is 3.00. The molecule has 0 saturated carbocycles. The maximum atomic E-state index is 13.5. The zero-order valence-electron chi connectivity index (χ0n) is 14.3. The third kappa shape index (κ3) is 6.86. The smallest absolute Gasteiger partial charge is 0.246 e. The van der Waals surface area contributed by atoms with Crippen LogP contribution < -0.4 is 16.0 Å². The molecule has 0 aromatic heterocycles. The Hall–Kier alpha value is -1.17. The highest BCUT2D eigenvalue weighted by molar-refractivity contribution is 14.0. The molecule has 1 heterocycles. The summed E-state index contributed by atoms with van der Waals surface area (Å²) in [5.74, 6) is -3.35. The van der Waals surface area contributed by atoms with E-state index in [2.05, 4.69) is 20.9 Å². The van der Waals surface area contributed by atoms with Crippen molar-refractivity contribution in [2.24, 2.45) is 4.99 Å². The van der Waals surface area contributed by atoms with E-state index in [1.807, 2.05) is 18.7 Å². The van der Waals surface area contributed by atoms with E-state index in [9.17, 15) is 18.0 Å². The molecule has 3 N–H and O–H groups in total. The van der Waals surface area contributed by atoms with Gasteiger partial charge in [0.2, 0.25) is 5.91 Å². The largest absolute Gasteiger partial charge is 0.357 e. The van der Waals surface area contributed by atoms with Crippen LogP contribution in [0, 0.1) is 17.5 Å². The standard InChI is InChI=1S/C16H21F3N4OS.HI/c1-2-20-16(21-8-10-4-3-7-25-10)22-9-13(24)23-12-6-5-11(17)14(18)15(12)19;/h5-6,10H,2-4,7-9H2,1H3,(H,23,24)(H2,20,21,22);1H. The fourth-order valence-corrected chi connectivity index (χ4v) is 3.52. The van der Waals surface area contributed by atoms with Gasteiger partial charge >= 0.3 is 0 Å². The summed E-state index contributed by atoms with van der Waals surface area (Å²) in [5.41, 5.74) is -0.417. The number of carbonyl (C=O) groups is 1. The average molecular weight is 502 g/mol. The molecule has 1 aromatic carbocycles. The Morgan fingerprint density at radius 2 is 2.04 bits per heavy atom. The predicted octanol–water partition coefficient (Wildman–Crippen LogP) is 3.11. The highest BCUT2D eigenvalue weighted by atomic mass is 127. The molecule has 0 aliphatic carbocycles. The molecule has 1 aliphatic heterocycles. The Bertz CT molecular complexity index is 642. The molecule has 1 saturated heterocycles. The van der Waals surface area contributed by atoms with E-state index < -0.39 is 29.0 Å². The number of thioether (sulfide) groups is 1. The van der Waals surface area contributed by atoms with Gasteiger partial charge in [0, 0.05) is 18.3 Å². The molecule has 0 spiro atoms. The van der Waals surface area contributed by atoms with Crippen molar-refractivity contribution < 1.29 is 18.0 Å². The van der Waals surface area contributed by atoms with Gasteiger partial charge in [0.25, 0.3) is 0 Å². The second kappa shape index (κ2) is 11.5. The minimum absolute atomic E-state index is 0. The number of benzene rings is 1. The number of hydrogen-bond acceptors (Lipinski definition) is 3.